The van der Waals surface area contributed by atoms with Crippen LogP contribution in [0.3, 0.4) is 0 Å². The van der Waals surface area contributed by atoms with E-state index < -0.39 is 10.0 Å². The molecule has 7 nitrogen and oxygen atoms in total. The SMILES string of the molecule is Cn1ccc([C@H]2CCCCCN2S(=O)(=O)c2ccc(N3CCCC3=O)cc2)n1. The zero-order valence-corrected chi connectivity index (χ0v) is 16.9. The summed E-state index contributed by atoms with van der Waals surface area (Å²) < 4.78 is 30.2. The Morgan fingerprint density at radius 1 is 1.00 bits per heavy atom. The van der Waals surface area contributed by atoms with Crippen LogP contribution in [-0.4, -0.2) is 41.5 Å². The van der Waals surface area contributed by atoms with Crippen LogP contribution in [0.5, 0.6) is 0 Å². The summed E-state index contributed by atoms with van der Waals surface area (Å²) in [5.74, 6) is 0.0957. The van der Waals surface area contributed by atoms with E-state index in [2.05, 4.69) is 5.10 Å². The standard InChI is InChI=1S/C20H26N4O3S/c1-22-15-12-18(21-22)19-6-3-2-4-14-24(19)28(26,27)17-10-8-16(9-11-17)23-13-5-7-20(23)25/h8-12,15,19H,2-7,13-14H2,1H3/t19-/m1/s1. The van der Waals surface area contributed by atoms with E-state index >= 15 is 0 Å². The van der Waals surface area contributed by atoms with Crippen LogP contribution >= 0.6 is 0 Å². The fourth-order valence-electron chi connectivity index (χ4n) is 4.13. The number of benzene rings is 1. The van der Waals surface area contributed by atoms with Crippen molar-refractivity contribution in [2.75, 3.05) is 18.0 Å². The van der Waals surface area contributed by atoms with Gasteiger partial charge in [-0.2, -0.15) is 9.40 Å². The first kappa shape index (κ1) is 19.1. The molecule has 150 valence electrons. The van der Waals surface area contributed by atoms with E-state index in [-0.39, 0.29) is 16.8 Å². The quantitative estimate of drug-likeness (QED) is 0.788. The molecule has 0 radical (unpaired) electrons. The van der Waals surface area contributed by atoms with Crippen LogP contribution in [0.1, 0.15) is 50.3 Å². The molecule has 1 aromatic carbocycles. The highest BCUT2D eigenvalue weighted by atomic mass is 32.2. The molecule has 3 heterocycles. The number of carbonyl (C=O) groups excluding carboxylic acids is 1. The molecule has 4 rings (SSSR count). The Kier molecular flexibility index (Phi) is 5.25. The van der Waals surface area contributed by atoms with Gasteiger partial charge in [-0.3, -0.25) is 9.48 Å². The summed E-state index contributed by atoms with van der Waals surface area (Å²) in [5.41, 5.74) is 1.56. The van der Waals surface area contributed by atoms with Crippen molar-refractivity contribution in [1.29, 1.82) is 0 Å². The molecule has 2 aromatic rings. The smallest absolute Gasteiger partial charge is 0.243 e. The normalized spacial score (nSPS) is 21.8. The first-order valence-electron chi connectivity index (χ1n) is 9.88. The van der Waals surface area contributed by atoms with Crippen LogP contribution < -0.4 is 4.90 Å². The van der Waals surface area contributed by atoms with Gasteiger partial charge in [-0.15, -0.1) is 0 Å². The summed E-state index contributed by atoms with van der Waals surface area (Å²) in [6.07, 6.45) is 6.89. The predicted octanol–water partition coefficient (Wildman–Crippen LogP) is 2.85. The first-order chi connectivity index (χ1) is 13.5. The first-order valence-corrected chi connectivity index (χ1v) is 11.3. The second-order valence-corrected chi connectivity index (χ2v) is 9.43. The molecule has 8 heteroatoms. The van der Waals surface area contributed by atoms with Gasteiger partial charge in [0.05, 0.1) is 16.6 Å². The zero-order valence-electron chi connectivity index (χ0n) is 16.1. The fraction of sp³-hybridized carbons (Fsp3) is 0.500. The third-order valence-corrected chi connectivity index (χ3v) is 7.53. The van der Waals surface area contributed by atoms with Gasteiger partial charge in [0.2, 0.25) is 15.9 Å². The predicted molar refractivity (Wildman–Crippen MR) is 106 cm³/mol. The number of anilines is 1. The van der Waals surface area contributed by atoms with Crippen molar-refractivity contribution < 1.29 is 13.2 Å². The lowest BCUT2D eigenvalue weighted by Crippen LogP contribution is -2.35. The Morgan fingerprint density at radius 3 is 2.43 bits per heavy atom. The number of hydrogen-bond donors (Lipinski definition) is 0. The Labute approximate surface area is 166 Å². The third-order valence-electron chi connectivity index (χ3n) is 5.61. The molecule has 2 fully saturated rings. The lowest BCUT2D eigenvalue weighted by Gasteiger charge is -2.28. The molecule has 1 aromatic heterocycles. The van der Waals surface area contributed by atoms with Crippen molar-refractivity contribution >= 4 is 21.6 Å². The second-order valence-electron chi connectivity index (χ2n) is 7.54. The highest BCUT2D eigenvalue weighted by molar-refractivity contribution is 7.89. The molecular formula is C20H26N4O3S. The second kappa shape index (κ2) is 7.67. The number of rotatable bonds is 4. The topological polar surface area (TPSA) is 75.5 Å². The van der Waals surface area contributed by atoms with E-state index in [1.165, 1.54) is 0 Å². The van der Waals surface area contributed by atoms with E-state index in [4.69, 9.17) is 0 Å². The molecule has 0 unspecified atom stereocenters. The van der Waals surface area contributed by atoms with Crippen molar-refractivity contribution in [3.05, 3.63) is 42.2 Å². The lowest BCUT2D eigenvalue weighted by molar-refractivity contribution is -0.117. The minimum absolute atomic E-state index is 0.0957. The van der Waals surface area contributed by atoms with Gasteiger partial charge in [-0.1, -0.05) is 12.8 Å². The van der Waals surface area contributed by atoms with E-state index in [1.807, 2.05) is 19.3 Å². The molecule has 28 heavy (non-hydrogen) atoms. The van der Waals surface area contributed by atoms with Crippen molar-refractivity contribution in [2.24, 2.45) is 7.05 Å². The zero-order chi connectivity index (χ0) is 19.7. The molecular weight excluding hydrogens is 376 g/mol. The van der Waals surface area contributed by atoms with Gasteiger partial charge in [0, 0.05) is 38.4 Å². The summed E-state index contributed by atoms with van der Waals surface area (Å²) in [6.45, 7) is 1.19. The maximum absolute atomic E-state index is 13.4. The van der Waals surface area contributed by atoms with Crippen LogP contribution in [0.15, 0.2) is 41.4 Å². The maximum Gasteiger partial charge on any atom is 0.243 e. The fourth-order valence-corrected chi connectivity index (χ4v) is 5.80. The molecule has 2 saturated heterocycles. The van der Waals surface area contributed by atoms with Gasteiger partial charge in [0.25, 0.3) is 0 Å². The van der Waals surface area contributed by atoms with Crippen LogP contribution in [-0.2, 0) is 21.9 Å². The highest BCUT2D eigenvalue weighted by Crippen LogP contribution is 2.34. The summed E-state index contributed by atoms with van der Waals surface area (Å²) in [5, 5.41) is 4.47. The molecule has 0 N–H and O–H groups in total. The van der Waals surface area contributed by atoms with Crippen molar-refractivity contribution in [1.82, 2.24) is 14.1 Å². The van der Waals surface area contributed by atoms with Gasteiger partial charge < -0.3 is 4.90 Å². The van der Waals surface area contributed by atoms with Gasteiger partial charge in [-0.05, 0) is 49.6 Å². The lowest BCUT2D eigenvalue weighted by atomic mass is 10.1. The average Bonchev–Trinajstić information content (AvgIpc) is 3.22. The summed E-state index contributed by atoms with van der Waals surface area (Å²) in [6, 6.07) is 8.38. The van der Waals surface area contributed by atoms with Crippen molar-refractivity contribution in [2.45, 2.75) is 49.5 Å². The summed E-state index contributed by atoms with van der Waals surface area (Å²) in [7, 11) is -1.80. The molecule has 2 aliphatic heterocycles. The Balaban J connectivity index is 1.64. The molecule has 1 amide bonds. The van der Waals surface area contributed by atoms with E-state index in [9.17, 15) is 13.2 Å². The third kappa shape index (κ3) is 3.58. The van der Waals surface area contributed by atoms with Crippen LogP contribution in [0.25, 0.3) is 0 Å². The average molecular weight is 403 g/mol. The van der Waals surface area contributed by atoms with E-state index in [0.29, 0.717) is 19.5 Å². The Bertz CT molecular complexity index is 952. The largest absolute Gasteiger partial charge is 0.312 e. The molecule has 2 aliphatic rings. The monoisotopic (exact) mass is 402 g/mol. The number of nitrogens with zero attached hydrogens (tertiary/aromatic N) is 4. The van der Waals surface area contributed by atoms with Gasteiger partial charge >= 0.3 is 0 Å². The number of hydrogen-bond acceptors (Lipinski definition) is 4. The highest BCUT2D eigenvalue weighted by Gasteiger charge is 2.34. The molecule has 0 aliphatic carbocycles. The number of aromatic nitrogens is 2. The van der Waals surface area contributed by atoms with Crippen molar-refractivity contribution in [3.8, 4) is 0 Å². The van der Waals surface area contributed by atoms with Crippen LogP contribution in [0.2, 0.25) is 0 Å². The van der Waals surface area contributed by atoms with Crippen LogP contribution in [0.4, 0.5) is 5.69 Å². The summed E-state index contributed by atoms with van der Waals surface area (Å²) >= 11 is 0. The number of sulfonamides is 1. The number of aryl methyl sites for hydroxylation is 1. The minimum atomic E-state index is -3.65. The molecule has 0 saturated carbocycles. The van der Waals surface area contributed by atoms with Crippen molar-refractivity contribution in [3.63, 3.8) is 0 Å². The Hall–Kier alpha value is -2.19. The molecule has 0 spiro atoms. The summed E-state index contributed by atoms with van der Waals surface area (Å²) in [4.78, 5) is 13.9. The van der Waals surface area contributed by atoms with E-state index in [1.54, 1.807) is 38.2 Å². The van der Waals surface area contributed by atoms with Gasteiger partial charge in [0.1, 0.15) is 0 Å². The molecule has 0 bridgehead atoms. The van der Waals surface area contributed by atoms with Crippen LogP contribution in [0, 0.1) is 0 Å². The van der Waals surface area contributed by atoms with Gasteiger partial charge in [0.15, 0.2) is 0 Å². The van der Waals surface area contributed by atoms with Gasteiger partial charge in [-0.25, -0.2) is 8.42 Å². The number of carbonyl (C=O) groups is 1. The molecule has 1 atom stereocenters. The van der Waals surface area contributed by atoms with E-state index in [0.717, 1.165) is 43.5 Å². The Morgan fingerprint density at radius 2 is 1.79 bits per heavy atom. The minimum Gasteiger partial charge on any atom is -0.312 e. The number of amides is 1. The maximum atomic E-state index is 13.4.